The Morgan fingerprint density at radius 1 is 1.33 bits per heavy atom. The van der Waals surface area contributed by atoms with Crippen LogP contribution >= 0.6 is 0 Å². The SMILES string of the molecule is CCCC(NC1CNC1)c1ccccc1. The molecule has 1 atom stereocenters. The average Bonchev–Trinajstić information content (AvgIpc) is 2.23. The molecule has 0 aliphatic carbocycles. The molecule has 1 aliphatic heterocycles. The van der Waals surface area contributed by atoms with Crippen molar-refractivity contribution in [1.29, 1.82) is 0 Å². The van der Waals surface area contributed by atoms with E-state index in [1.165, 1.54) is 18.4 Å². The maximum Gasteiger partial charge on any atom is 0.0323 e. The topological polar surface area (TPSA) is 24.1 Å². The van der Waals surface area contributed by atoms with Crippen LogP contribution < -0.4 is 10.6 Å². The molecule has 0 aromatic heterocycles. The summed E-state index contributed by atoms with van der Waals surface area (Å²) >= 11 is 0. The van der Waals surface area contributed by atoms with Gasteiger partial charge in [-0.1, -0.05) is 43.7 Å². The first kappa shape index (κ1) is 10.7. The molecular formula is C13H20N2. The van der Waals surface area contributed by atoms with Gasteiger partial charge < -0.3 is 10.6 Å². The van der Waals surface area contributed by atoms with Gasteiger partial charge in [0.1, 0.15) is 0 Å². The predicted molar refractivity (Wildman–Crippen MR) is 63.9 cm³/mol. The molecule has 1 heterocycles. The molecule has 0 amide bonds. The molecule has 1 aliphatic rings. The van der Waals surface area contributed by atoms with Crippen molar-refractivity contribution in [3.05, 3.63) is 35.9 Å². The Morgan fingerprint density at radius 2 is 2.07 bits per heavy atom. The van der Waals surface area contributed by atoms with Gasteiger partial charge >= 0.3 is 0 Å². The van der Waals surface area contributed by atoms with Gasteiger partial charge in [0.2, 0.25) is 0 Å². The second-order valence-corrected chi connectivity index (χ2v) is 4.27. The molecule has 0 radical (unpaired) electrons. The molecular weight excluding hydrogens is 184 g/mol. The van der Waals surface area contributed by atoms with Gasteiger partial charge in [-0.25, -0.2) is 0 Å². The Bertz CT molecular complexity index is 280. The van der Waals surface area contributed by atoms with E-state index in [0.29, 0.717) is 12.1 Å². The lowest BCUT2D eigenvalue weighted by Crippen LogP contribution is -2.56. The molecule has 2 rings (SSSR count). The third kappa shape index (κ3) is 2.80. The van der Waals surface area contributed by atoms with Gasteiger partial charge in [0.25, 0.3) is 0 Å². The first-order valence-electron chi connectivity index (χ1n) is 5.92. The van der Waals surface area contributed by atoms with Gasteiger partial charge in [0.05, 0.1) is 0 Å². The van der Waals surface area contributed by atoms with Crippen molar-refractivity contribution in [2.45, 2.75) is 31.8 Å². The second kappa shape index (κ2) is 5.29. The van der Waals surface area contributed by atoms with Gasteiger partial charge in [-0.2, -0.15) is 0 Å². The first-order chi connectivity index (χ1) is 7.40. The van der Waals surface area contributed by atoms with Gasteiger partial charge in [0.15, 0.2) is 0 Å². The number of benzene rings is 1. The van der Waals surface area contributed by atoms with Crippen LogP contribution in [0.1, 0.15) is 31.4 Å². The summed E-state index contributed by atoms with van der Waals surface area (Å²) in [5.74, 6) is 0. The predicted octanol–water partition coefficient (Wildman–Crippen LogP) is 2.09. The van der Waals surface area contributed by atoms with E-state index in [1.807, 2.05) is 0 Å². The minimum Gasteiger partial charge on any atom is -0.314 e. The Hall–Kier alpha value is -0.860. The van der Waals surface area contributed by atoms with E-state index < -0.39 is 0 Å². The fourth-order valence-electron chi connectivity index (χ4n) is 2.01. The summed E-state index contributed by atoms with van der Waals surface area (Å²) in [6.45, 7) is 4.48. The van der Waals surface area contributed by atoms with Crippen LogP contribution in [-0.4, -0.2) is 19.1 Å². The number of hydrogen-bond acceptors (Lipinski definition) is 2. The standard InChI is InChI=1S/C13H20N2/c1-2-6-13(15-12-9-14-10-12)11-7-4-3-5-8-11/h3-5,7-8,12-15H,2,6,9-10H2,1H3. The number of rotatable bonds is 5. The summed E-state index contributed by atoms with van der Waals surface area (Å²) in [7, 11) is 0. The van der Waals surface area contributed by atoms with Crippen molar-refractivity contribution < 1.29 is 0 Å². The summed E-state index contributed by atoms with van der Waals surface area (Å²) in [5.41, 5.74) is 1.42. The number of nitrogens with one attached hydrogen (secondary N) is 2. The summed E-state index contributed by atoms with van der Waals surface area (Å²) in [6, 6.07) is 12.0. The highest BCUT2D eigenvalue weighted by atomic mass is 15.1. The monoisotopic (exact) mass is 204 g/mol. The Labute approximate surface area is 92.1 Å². The molecule has 2 nitrogen and oxygen atoms in total. The molecule has 1 unspecified atom stereocenters. The molecule has 2 heteroatoms. The minimum absolute atomic E-state index is 0.531. The van der Waals surface area contributed by atoms with E-state index in [0.717, 1.165) is 13.1 Å². The summed E-state index contributed by atoms with van der Waals surface area (Å²) in [5, 5.41) is 7.01. The normalized spacial score (nSPS) is 18.5. The Kier molecular flexibility index (Phi) is 3.75. The van der Waals surface area contributed by atoms with Crippen molar-refractivity contribution in [1.82, 2.24) is 10.6 Å². The molecule has 1 fully saturated rings. The lowest BCUT2D eigenvalue weighted by atomic mass is 10.0. The highest BCUT2D eigenvalue weighted by Gasteiger charge is 2.20. The first-order valence-corrected chi connectivity index (χ1v) is 5.92. The zero-order valence-electron chi connectivity index (χ0n) is 9.37. The summed E-state index contributed by atoms with van der Waals surface area (Å²) in [6.07, 6.45) is 2.45. The van der Waals surface area contributed by atoms with Crippen molar-refractivity contribution in [3.8, 4) is 0 Å². The van der Waals surface area contributed by atoms with Crippen LogP contribution in [0.5, 0.6) is 0 Å². The fraction of sp³-hybridized carbons (Fsp3) is 0.538. The minimum atomic E-state index is 0.531. The van der Waals surface area contributed by atoms with Crippen LogP contribution in [0.4, 0.5) is 0 Å². The van der Waals surface area contributed by atoms with Gasteiger partial charge in [0, 0.05) is 25.2 Å². The van der Waals surface area contributed by atoms with E-state index in [1.54, 1.807) is 0 Å². The maximum atomic E-state index is 3.71. The summed E-state index contributed by atoms with van der Waals surface area (Å²) in [4.78, 5) is 0. The van der Waals surface area contributed by atoms with Gasteiger partial charge in [-0.3, -0.25) is 0 Å². The third-order valence-electron chi connectivity index (χ3n) is 3.00. The van der Waals surface area contributed by atoms with Crippen LogP contribution in [0.3, 0.4) is 0 Å². The second-order valence-electron chi connectivity index (χ2n) is 4.27. The van der Waals surface area contributed by atoms with Crippen LogP contribution in [0, 0.1) is 0 Å². The maximum absolute atomic E-state index is 3.71. The van der Waals surface area contributed by atoms with E-state index in [2.05, 4.69) is 47.9 Å². The van der Waals surface area contributed by atoms with Crippen molar-refractivity contribution in [3.63, 3.8) is 0 Å². The fourth-order valence-corrected chi connectivity index (χ4v) is 2.01. The molecule has 2 N–H and O–H groups in total. The van der Waals surface area contributed by atoms with E-state index in [-0.39, 0.29) is 0 Å². The third-order valence-corrected chi connectivity index (χ3v) is 3.00. The molecule has 15 heavy (non-hydrogen) atoms. The van der Waals surface area contributed by atoms with Gasteiger partial charge in [-0.15, -0.1) is 0 Å². The van der Waals surface area contributed by atoms with Crippen LogP contribution in [-0.2, 0) is 0 Å². The van der Waals surface area contributed by atoms with Crippen LogP contribution in [0.25, 0.3) is 0 Å². The molecule has 0 saturated carbocycles. The van der Waals surface area contributed by atoms with Crippen molar-refractivity contribution in [2.24, 2.45) is 0 Å². The van der Waals surface area contributed by atoms with E-state index >= 15 is 0 Å². The summed E-state index contributed by atoms with van der Waals surface area (Å²) < 4.78 is 0. The van der Waals surface area contributed by atoms with Crippen LogP contribution in [0.15, 0.2) is 30.3 Å². The largest absolute Gasteiger partial charge is 0.314 e. The van der Waals surface area contributed by atoms with E-state index in [9.17, 15) is 0 Å². The molecule has 1 aromatic carbocycles. The molecule has 1 aromatic rings. The smallest absolute Gasteiger partial charge is 0.0323 e. The zero-order chi connectivity index (χ0) is 10.5. The lowest BCUT2D eigenvalue weighted by Gasteiger charge is -2.32. The van der Waals surface area contributed by atoms with Crippen molar-refractivity contribution >= 4 is 0 Å². The quantitative estimate of drug-likeness (QED) is 0.767. The molecule has 1 saturated heterocycles. The Balaban J connectivity index is 1.98. The average molecular weight is 204 g/mol. The highest BCUT2D eigenvalue weighted by Crippen LogP contribution is 2.19. The lowest BCUT2D eigenvalue weighted by molar-refractivity contribution is 0.320. The van der Waals surface area contributed by atoms with E-state index in [4.69, 9.17) is 0 Å². The van der Waals surface area contributed by atoms with Gasteiger partial charge in [-0.05, 0) is 12.0 Å². The molecule has 0 spiro atoms. The van der Waals surface area contributed by atoms with Crippen molar-refractivity contribution in [2.75, 3.05) is 13.1 Å². The Morgan fingerprint density at radius 3 is 2.60 bits per heavy atom. The molecule has 0 bridgehead atoms. The zero-order valence-corrected chi connectivity index (χ0v) is 9.37. The molecule has 82 valence electrons. The highest BCUT2D eigenvalue weighted by molar-refractivity contribution is 5.19. The number of hydrogen-bond donors (Lipinski definition) is 2. The van der Waals surface area contributed by atoms with Crippen LogP contribution in [0.2, 0.25) is 0 Å².